The van der Waals surface area contributed by atoms with Crippen molar-refractivity contribution < 1.29 is 23.6 Å². The topological polar surface area (TPSA) is 81.9 Å². The van der Waals surface area contributed by atoms with Gasteiger partial charge in [0.1, 0.15) is 5.69 Å². The second kappa shape index (κ2) is 7.49. The molecule has 0 saturated heterocycles. The number of aromatic nitrogens is 1. The molecule has 1 aliphatic rings. The van der Waals surface area contributed by atoms with Gasteiger partial charge < -0.3 is 14.0 Å². The van der Waals surface area contributed by atoms with Crippen LogP contribution in [-0.2, 0) is 4.74 Å². The molecule has 1 aromatic heterocycles. The van der Waals surface area contributed by atoms with Crippen LogP contribution in [0.5, 0.6) is 5.75 Å². The number of benzene rings is 1. The van der Waals surface area contributed by atoms with Crippen molar-refractivity contribution in [1.29, 1.82) is 0 Å². The Hall–Kier alpha value is -2.35. The van der Waals surface area contributed by atoms with Crippen LogP contribution < -0.4 is 9.64 Å². The fourth-order valence-corrected chi connectivity index (χ4v) is 3.37. The summed E-state index contributed by atoms with van der Waals surface area (Å²) >= 11 is 3.41. The number of hydrogen-bond acceptors (Lipinski definition) is 6. The van der Waals surface area contributed by atoms with E-state index in [2.05, 4.69) is 21.1 Å². The Morgan fingerprint density at radius 2 is 2.04 bits per heavy atom. The van der Waals surface area contributed by atoms with Crippen LogP contribution in [0, 0.1) is 0 Å². The van der Waals surface area contributed by atoms with Crippen LogP contribution in [0.25, 0.3) is 0 Å². The van der Waals surface area contributed by atoms with Crippen LogP contribution in [0.2, 0.25) is 0 Å². The number of methoxy groups -OCH3 is 2. The molecule has 0 radical (unpaired) electrons. The minimum absolute atomic E-state index is 0.236. The van der Waals surface area contributed by atoms with E-state index < -0.39 is 6.09 Å². The van der Waals surface area contributed by atoms with Crippen LogP contribution in [0.15, 0.2) is 27.3 Å². The number of carbonyl (C=O) groups is 2. The summed E-state index contributed by atoms with van der Waals surface area (Å²) in [6.45, 7) is 2.10. The summed E-state index contributed by atoms with van der Waals surface area (Å²) in [6.07, 6.45) is 2.82. The van der Waals surface area contributed by atoms with Crippen molar-refractivity contribution in [3.8, 4) is 5.75 Å². The Labute approximate surface area is 159 Å². The third kappa shape index (κ3) is 3.21. The number of nitrogens with zero attached hydrogens (tertiary/aromatic N) is 2. The molecule has 0 spiro atoms. The molecule has 0 unspecified atom stereocenters. The lowest BCUT2D eigenvalue weighted by molar-refractivity contribution is 0.103. The van der Waals surface area contributed by atoms with Gasteiger partial charge in [-0.2, -0.15) is 0 Å². The zero-order valence-corrected chi connectivity index (χ0v) is 16.3. The van der Waals surface area contributed by atoms with Crippen LogP contribution in [0.4, 0.5) is 10.5 Å². The smallest absolute Gasteiger partial charge is 0.414 e. The standard InChI is InChI=1S/C18H19BrN2O5/c1-4-21(18(23)25-3)14-11(7-8-13(19)17(14)24-2)15(22)12-9-20-26-16(12)10-5-6-10/h7-10H,4-6H2,1-3H3. The molecule has 1 amide bonds. The third-order valence-corrected chi connectivity index (χ3v) is 4.93. The summed E-state index contributed by atoms with van der Waals surface area (Å²) in [5.41, 5.74) is 1.09. The number of anilines is 1. The van der Waals surface area contributed by atoms with E-state index in [1.807, 2.05) is 0 Å². The normalized spacial score (nSPS) is 13.4. The maximum absolute atomic E-state index is 13.2. The summed E-state index contributed by atoms with van der Waals surface area (Å²) in [5.74, 6) is 0.952. The Balaban J connectivity index is 2.15. The molecular formula is C18H19BrN2O5. The molecule has 8 heteroatoms. The van der Waals surface area contributed by atoms with Gasteiger partial charge in [-0.1, -0.05) is 5.16 Å². The number of rotatable bonds is 6. The van der Waals surface area contributed by atoms with Crippen molar-refractivity contribution in [2.75, 3.05) is 25.7 Å². The molecule has 3 rings (SSSR count). The highest BCUT2D eigenvalue weighted by Crippen LogP contribution is 2.44. The predicted octanol–water partition coefficient (Wildman–Crippen LogP) is 4.15. The number of ketones is 1. The predicted molar refractivity (Wildman–Crippen MR) is 98.0 cm³/mol. The molecule has 0 bridgehead atoms. The van der Waals surface area contributed by atoms with E-state index in [1.165, 1.54) is 25.3 Å². The quantitative estimate of drug-likeness (QED) is 0.650. The van der Waals surface area contributed by atoms with E-state index in [-0.39, 0.29) is 11.7 Å². The Morgan fingerprint density at radius 1 is 1.31 bits per heavy atom. The first-order valence-electron chi connectivity index (χ1n) is 8.24. The third-order valence-electron chi connectivity index (χ3n) is 4.30. The maximum Gasteiger partial charge on any atom is 0.414 e. The average Bonchev–Trinajstić information content (AvgIpc) is 3.38. The van der Waals surface area contributed by atoms with E-state index in [0.717, 1.165) is 12.8 Å². The Morgan fingerprint density at radius 3 is 2.62 bits per heavy atom. The van der Waals surface area contributed by atoms with E-state index >= 15 is 0 Å². The molecule has 26 heavy (non-hydrogen) atoms. The number of hydrogen-bond donors (Lipinski definition) is 0. The van der Waals surface area contributed by atoms with E-state index in [4.69, 9.17) is 14.0 Å². The zero-order chi connectivity index (χ0) is 18.8. The summed E-state index contributed by atoms with van der Waals surface area (Å²) in [4.78, 5) is 26.9. The molecule has 1 fully saturated rings. The van der Waals surface area contributed by atoms with E-state index in [0.29, 0.717) is 39.3 Å². The van der Waals surface area contributed by atoms with Gasteiger partial charge in [0.15, 0.2) is 17.3 Å². The SMILES string of the molecule is CCN(C(=O)OC)c1c(C(=O)c2cnoc2C2CC2)ccc(Br)c1OC. The lowest BCUT2D eigenvalue weighted by Crippen LogP contribution is -2.32. The van der Waals surface area contributed by atoms with Gasteiger partial charge in [0.05, 0.1) is 36.0 Å². The molecule has 2 aromatic rings. The highest BCUT2D eigenvalue weighted by molar-refractivity contribution is 9.10. The molecule has 7 nitrogen and oxygen atoms in total. The van der Waals surface area contributed by atoms with Gasteiger partial charge in [0.2, 0.25) is 0 Å². The molecule has 138 valence electrons. The van der Waals surface area contributed by atoms with Gasteiger partial charge in [0, 0.05) is 12.5 Å². The minimum Gasteiger partial charge on any atom is -0.493 e. The summed E-state index contributed by atoms with van der Waals surface area (Å²) in [6, 6.07) is 3.37. The first-order chi connectivity index (χ1) is 12.5. The average molecular weight is 423 g/mol. The second-order valence-electron chi connectivity index (χ2n) is 5.90. The van der Waals surface area contributed by atoms with Crippen LogP contribution in [-0.4, -0.2) is 37.8 Å². The van der Waals surface area contributed by atoms with Crippen LogP contribution in [0.3, 0.4) is 0 Å². The van der Waals surface area contributed by atoms with Crippen molar-refractivity contribution in [3.05, 3.63) is 39.7 Å². The number of carbonyl (C=O) groups excluding carboxylic acids is 2. The number of halogens is 1. The molecule has 1 aliphatic carbocycles. The summed E-state index contributed by atoms with van der Waals surface area (Å²) in [5, 5.41) is 3.79. The number of ether oxygens (including phenoxy) is 2. The zero-order valence-electron chi connectivity index (χ0n) is 14.7. The molecule has 0 atom stereocenters. The lowest BCUT2D eigenvalue weighted by atomic mass is 9.99. The fraction of sp³-hybridized carbons (Fsp3) is 0.389. The Bertz CT molecular complexity index is 844. The highest BCUT2D eigenvalue weighted by Gasteiger charge is 2.35. The molecular weight excluding hydrogens is 404 g/mol. The fourth-order valence-electron chi connectivity index (χ4n) is 2.88. The van der Waals surface area contributed by atoms with Gasteiger partial charge in [-0.15, -0.1) is 0 Å². The van der Waals surface area contributed by atoms with Gasteiger partial charge in [-0.3, -0.25) is 9.69 Å². The van der Waals surface area contributed by atoms with Crippen molar-refractivity contribution in [2.45, 2.75) is 25.7 Å². The first kappa shape index (κ1) is 18.4. The van der Waals surface area contributed by atoms with Gasteiger partial charge in [-0.05, 0) is 47.8 Å². The number of amides is 1. The first-order valence-corrected chi connectivity index (χ1v) is 9.03. The van der Waals surface area contributed by atoms with Crippen LogP contribution in [0.1, 0.15) is 47.4 Å². The largest absolute Gasteiger partial charge is 0.493 e. The van der Waals surface area contributed by atoms with E-state index in [1.54, 1.807) is 19.1 Å². The molecule has 1 heterocycles. The molecule has 0 N–H and O–H groups in total. The van der Waals surface area contributed by atoms with Crippen LogP contribution >= 0.6 is 15.9 Å². The second-order valence-corrected chi connectivity index (χ2v) is 6.75. The van der Waals surface area contributed by atoms with Crippen molar-refractivity contribution in [3.63, 3.8) is 0 Å². The minimum atomic E-state index is -0.578. The van der Waals surface area contributed by atoms with Gasteiger partial charge >= 0.3 is 6.09 Å². The highest BCUT2D eigenvalue weighted by atomic mass is 79.9. The lowest BCUT2D eigenvalue weighted by Gasteiger charge is -2.24. The van der Waals surface area contributed by atoms with Gasteiger partial charge in [0.25, 0.3) is 0 Å². The van der Waals surface area contributed by atoms with Crippen molar-refractivity contribution in [2.24, 2.45) is 0 Å². The van der Waals surface area contributed by atoms with Gasteiger partial charge in [-0.25, -0.2) is 4.79 Å². The molecule has 0 aliphatic heterocycles. The monoisotopic (exact) mass is 422 g/mol. The summed E-state index contributed by atoms with van der Waals surface area (Å²) < 4.78 is 16.2. The Kier molecular flexibility index (Phi) is 5.31. The van der Waals surface area contributed by atoms with Crippen molar-refractivity contribution in [1.82, 2.24) is 5.16 Å². The van der Waals surface area contributed by atoms with E-state index in [9.17, 15) is 9.59 Å². The molecule has 1 aromatic carbocycles. The summed E-state index contributed by atoms with van der Waals surface area (Å²) in [7, 11) is 2.78. The van der Waals surface area contributed by atoms with Crippen molar-refractivity contribution >= 4 is 33.5 Å². The maximum atomic E-state index is 13.2. The molecule has 1 saturated carbocycles.